The molecule has 0 N–H and O–H groups in total. The molecule has 1 heterocycles. The molecule has 0 spiro atoms. The Morgan fingerprint density at radius 1 is 1.29 bits per heavy atom. The molecule has 0 amide bonds. The van der Waals surface area contributed by atoms with Crippen molar-refractivity contribution >= 4 is 22.8 Å². The molecule has 17 heavy (non-hydrogen) atoms. The zero-order chi connectivity index (χ0) is 11.8. The first-order chi connectivity index (χ1) is 8.29. The highest BCUT2D eigenvalue weighted by atomic mass is 16.5. The molecule has 1 unspecified atom stereocenters. The monoisotopic (exact) mass is 225 g/mol. The van der Waals surface area contributed by atoms with E-state index in [0.717, 1.165) is 16.6 Å². The van der Waals surface area contributed by atoms with Crippen molar-refractivity contribution in [3.05, 3.63) is 47.7 Å². The van der Waals surface area contributed by atoms with Gasteiger partial charge in [0.15, 0.2) is 5.78 Å². The van der Waals surface area contributed by atoms with Crippen LogP contribution < -0.4 is 0 Å². The first-order valence-corrected chi connectivity index (χ1v) is 5.44. The van der Waals surface area contributed by atoms with Crippen LogP contribution in [-0.4, -0.2) is 24.0 Å². The predicted molar refractivity (Wildman–Crippen MR) is 65.9 cm³/mol. The molecule has 3 rings (SSSR count). The molecule has 0 aliphatic heterocycles. The van der Waals surface area contributed by atoms with E-state index in [-0.39, 0.29) is 5.78 Å². The van der Waals surface area contributed by atoms with Crippen LogP contribution in [-0.2, 0) is 4.74 Å². The van der Waals surface area contributed by atoms with E-state index in [1.807, 2.05) is 36.4 Å². The highest BCUT2D eigenvalue weighted by molar-refractivity contribution is 6.07. The van der Waals surface area contributed by atoms with Gasteiger partial charge in [-0.2, -0.15) is 0 Å². The minimum atomic E-state index is -0.481. The topological polar surface area (TPSA) is 39.2 Å². The summed E-state index contributed by atoms with van der Waals surface area (Å²) in [6.07, 6.45) is 3.11. The van der Waals surface area contributed by atoms with E-state index in [2.05, 4.69) is 4.98 Å². The Bertz CT molecular complexity index is 631. The number of hydrogen-bond acceptors (Lipinski definition) is 3. The predicted octanol–water partition coefficient (Wildman–Crippen LogP) is 2.46. The molecular formula is C14H11NO2. The van der Waals surface area contributed by atoms with Gasteiger partial charge in [0.1, 0.15) is 6.10 Å². The molecule has 1 aromatic heterocycles. The molecule has 1 atom stereocenters. The van der Waals surface area contributed by atoms with Gasteiger partial charge in [-0.05, 0) is 24.3 Å². The maximum atomic E-state index is 12.1. The lowest BCUT2D eigenvalue weighted by atomic mass is 9.97. The third kappa shape index (κ3) is 1.56. The molecule has 0 radical (unpaired) electrons. The number of fused-ring (bicyclic) bond motifs is 2. The fraction of sp³-hybridized carbons (Fsp3) is 0.143. The summed E-state index contributed by atoms with van der Waals surface area (Å²) in [5, 5.41) is 0.977. The Balaban J connectivity index is 2.24. The molecule has 3 nitrogen and oxygen atoms in total. The summed E-state index contributed by atoms with van der Waals surface area (Å²) >= 11 is 0. The Morgan fingerprint density at radius 3 is 2.94 bits per heavy atom. The molecular weight excluding hydrogens is 214 g/mol. The van der Waals surface area contributed by atoms with Gasteiger partial charge in [-0.1, -0.05) is 18.2 Å². The minimum Gasteiger partial charge on any atom is -0.369 e. The number of carbonyl (C=O) groups is 1. The van der Waals surface area contributed by atoms with Crippen molar-refractivity contribution in [1.82, 2.24) is 4.98 Å². The van der Waals surface area contributed by atoms with Gasteiger partial charge < -0.3 is 4.74 Å². The van der Waals surface area contributed by atoms with Gasteiger partial charge in [-0.3, -0.25) is 4.79 Å². The molecule has 0 bridgehead atoms. The fourth-order valence-electron chi connectivity index (χ4n) is 2.06. The van der Waals surface area contributed by atoms with Crippen molar-refractivity contribution in [3.8, 4) is 0 Å². The van der Waals surface area contributed by atoms with Gasteiger partial charge in [0.2, 0.25) is 0 Å². The summed E-state index contributed by atoms with van der Waals surface area (Å²) in [6.45, 7) is 0. The van der Waals surface area contributed by atoms with Crippen molar-refractivity contribution in [1.29, 1.82) is 0 Å². The summed E-state index contributed by atoms with van der Waals surface area (Å²) < 4.78 is 5.11. The molecule has 0 fully saturated rings. The van der Waals surface area contributed by atoms with E-state index < -0.39 is 6.10 Å². The van der Waals surface area contributed by atoms with Crippen LogP contribution in [0.15, 0.2) is 36.4 Å². The number of carbonyl (C=O) groups excluding carboxylic acids is 1. The summed E-state index contributed by atoms with van der Waals surface area (Å²) in [4.78, 5) is 16.5. The normalized spacial score (nSPS) is 18.4. The van der Waals surface area contributed by atoms with E-state index in [1.165, 1.54) is 7.11 Å². The molecule has 1 aliphatic rings. The van der Waals surface area contributed by atoms with Crippen LogP contribution in [0.1, 0.15) is 16.1 Å². The number of ether oxygens (including phenoxy) is 1. The zero-order valence-corrected chi connectivity index (χ0v) is 9.38. The van der Waals surface area contributed by atoms with Crippen LogP contribution in [0.25, 0.3) is 17.0 Å². The molecule has 84 valence electrons. The van der Waals surface area contributed by atoms with Crippen molar-refractivity contribution in [3.63, 3.8) is 0 Å². The molecule has 1 aliphatic carbocycles. The quantitative estimate of drug-likeness (QED) is 0.748. The fourth-order valence-corrected chi connectivity index (χ4v) is 2.06. The highest BCUT2D eigenvalue weighted by Crippen LogP contribution is 2.23. The van der Waals surface area contributed by atoms with E-state index in [4.69, 9.17) is 4.74 Å². The smallest absolute Gasteiger partial charge is 0.197 e. The minimum absolute atomic E-state index is 0.0248. The largest absolute Gasteiger partial charge is 0.369 e. The lowest BCUT2D eigenvalue weighted by molar-refractivity contribution is 0.0717. The molecule has 1 aromatic carbocycles. The number of pyridine rings is 1. The van der Waals surface area contributed by atoms with Gasteiger partial charge in [0.05, 0.1) is 11.2 Å². The second-order valence-electron chi connectivity index (χ2n) is 3.99. The summed E-state index contributed by atoms with van der Waals surface area (Å²) in [5.41, 5.74) is 2.26. The number of nitrogens with zero attached hydrogens (tertiary/aromatic N) is 1. The maximum Gasteiger partial charge on any atom is 0.197 e. The number of ketones is 1. The second-order valence-corrected chi connectivity index (χ2v) is 3.99. The van der Waals surface area contributed by atoms with Crippen molar-refractivity contribution in [2.24, 2.45) is 0 Å². The Labute approximate surface area is 98.7 Å². The molecule has 3 heteroatoms. The number of Topliss-reactive ketones (excluding diaryl/α,β-unsaturated/α-hetero) is 1. The van der Waals surface area contributed by atoms with Crippen molar-refractivity contribution in [2.45, 2.75) is 6.10 Å². The highest BCUT2D eigenvalue weighted by Gasteiger charge is 2.24. The van der Waals surface area contributed by atoms with Crippen molar-refractivity contribution < 1.29 is 9.53 Å². The number of hydrogen-bond donors (Lipinski definition) is 0. The third-order valence-electron chi connectivity index (χ3n) is 2.96. The Hall–Kier alpha value is -2.00. The van der Waals surface area contributed by atoms with Crippen LogP contribution in [0.5, 0.6) is 0 Å². The van der Waals surface area contributed by atoms with Gasteiger partial charge in [-0.15, -0.1) is 0 Å². The number of rotatable bonds is 1. The summed E-state index contributed by atoms with van der Waals surface area (Å²) in [6, 6.07) is 9.66. The average Bonchev–Trinajstić information content (AvgIpc) is 2.37. The van der Waals surface area contributed by atoms with Gasteiger partial charge >= 0.3 is 0 Å². The van der Waals surface area contributed by atoms with Crippen LogP contribution in [0.2, 0.25) is 0 Å². The van der Waals surface area contributed by atoms with E-state index >= 15 is 0 Å². The lowest BCUT2D eigenvalue weighted by Crippen LogP contribution is -2.24. The summed E-state index contributed by atoms with van der Waals surface area (Å²) in [5.74, 6) is -0.0248. The van der Waals surface area contributed by atoms with Crippen LogP contribution in [0.3, 0.4) is 0 Å². The molecule has 0 saturated heterocycles. The van der Waals surface area contributed by atoms with Crippen molar-refractivity contribution in [2.75, 3.05) is 7.11 Å². The number of para-hydroxylation sites is 1. The van der Waals surface area contributed by atoms with Crippen LogP contribution in [0, 0.1) is 0 Å². The van der Waals surface area contributed by atoms with Crippen LogP contribution in [0.4, 0.5) is 0 Å². The second kappa shape index (κ2) is 3.79. The summed E-state index contributed by atoms with van der Waals surface area (Å²) in [7, 11) is 1.53. The van der Waals surface area contributed by atoms with E-state index in [9.17, 15) is 4.79 Å². The average molecular weight is 225 g/mol. The van der Waals surface area contributed by atoms with E-state index in [0.29, 0.717) is 5.56 Å². The lowest BCUT2D eigenvalue weighted by Gasteiger charge is -2.16. The van der Waals surface area contributed by atoms with E-state index in [1.54, 1.807) is 6.08 Å². The number of methoxy groups -OCH3 is 1. The van der Waals surface area contributed by atoms with Gasteiger partial charge in [0, 0.05) is 18.1 Å². The standard InChI is InChI=1S/C14H11NO2/c1-17-13-7-6-12-10(14(13)16)8-9-4-2-3-5-11(9)15-12/h2-8,13H,1H3. The first-order valence-electron chi connectivity index (χ1n) is 5.44. The maximum absolute atomic E-state index is 12.1. The Kier molecular flexibility index (Phi) is 2.27. The SMILES string of the molecule is COC1C=Cc2nc3ccccc3cc2C1=O. The number of benzene rings is 1. The van der Waals surface area contributed by atoms with Gasteiger partial charge in [-0.25, -0.2) is 4.98 Å². The third-order valence-corrected chi connectivity index (χ3v) is 2.96. The molecule has 0 saturated carbocycles. The first kappa shape index (κ1) is 10.2. The van der Waals surface area contributed by atoms with Crippen LogP contribution >= 0.6 is 0 Å². The zero-order valence-electron chi connectivity index (χ0n) is 9.38. The van der Waals surface area contributed by atoms with Gasteiger partial charge in [0.25, 0.3) is 0 Å². The Morgan fingerprint density at radius 2 is 2.12 bits per heavy atom. The number of aromatic nitrogens is 1. The molecule has 2 aromatic rings.